The van der Waals surface area contributed by atoms with Crippen molar-refractivity contribution in [3.05, 3.63) is 72.1 Å². The number of carboxylic acid groups (broad SMARTS) is 1. The van der Waals surface area contributed by atoms with E-state index in [0.29, 0.717) is 26.2 Å². The molecule has 0 bridgehead atoms. The SMILES string of the molecule is O=C(O)N1CCc2ccc3ccn(CCOc4cccc5cccnc45)c3c2CC1. The second-order valence-electron chi connectivity index (χ2n) is 7.60. The van der Waals surface area contributed by atoms with E-state index in [2.05, 4.69) is 33.9 Å². The maximum atomic E-state index is 11.4. The molecule has 1 amide bonds. The molecule has 2 aromatic carbocycles. The van der Waals surface area contributed by atoms with E-state index in [4.69, 9.17) is 4.74 Å². The number of nitrogens with zero attached hydrogens (tertiary/aromatic N) is 3. The van der Waals surface area contributed by atoms with E-state index in [1.165, 1.54) is 26.9 Å². The van der Waals surface area contributed by atoms with Gasteiger partial charge in [-0.3, -0.25) is 4.98 Å². The molecule has 0 fully saturated rings. The molecular formula is C24H23N3O3. The summed E-state index contributed by atoms with van der Waals surface area (Å²) in [6.45, 7) is 2.33. The zero-order chi connectivity index (χ0) is 20.5. The number of rotatable bonds is 4. The lowest BCUT2D eigenvalue weighted by Crippen LogP contribution is -2.31. The van der Waals surface area contributed by atoms with Gasteiger partial charge in [0.15, 0.2) is 0 Å². The molecule has 0 saturated heterocycles. The van der Waals surface area contributed by atoms with Gasteiger partial charge >= 0.3 is 6.09 Å². The van der Waals surface area contributed by atoms with Crippen LogP contribution in [0.25, 0.3) is 21.8 Å². The average molecular weight is 401 g/mol. The lowest BCUT2D eigenvalue weighted by Gasteiger charge is -2.15. The summed E-state index contributed by atoms with van der Waals surface area (Å²) in [7, 11) is 0. The van der Waals surface area contributed by atoms with Gasteiger partial charge in [0, 0.05) is 30.9 Å². The van der Waals surface area contributed by atoms with Gasteiger partial charge in [-0.1, -0.05) is 30.3 Å². The molecule has 3 heterocycles. The standard InChI is InChI=1S/C24H23N3O3/c28-24(29)27-13-8-17-6-7-19-9-12-26(23(19)20(17)10-14-27)15-16-30-21-5-1-3-18-4-2-11-25-22(18)21/h1-7,9,11-12H,8,10,13-16H2,(H,28,29). The first-order valence-electron chi connectivity index (χ1n) is 10.2. The van der Waals surface area contributed by atoms with E-state index in [1.807, 2.05) is 30.3 Å². The maximum Gasteiger partial charge on any atom is 0.407 e. The summed E-state index contributed by atoms with van der Waals surface area (Å²) in [4.78, 5) is 17.4. The lowest BCUT2D eigenvalue weighted by molar-refractivity contribution is 0.147. The van der Waals surface area contributed by atoms with Crippen molar-refractivity contribution >= 4 is 27.9 Å². The number of fused-ring (bicyclic) bond motifs is 4. The zero-order valence-corrected chi connectivity index (χ0v) is 16.6. The minimum Gasteiger partial charge on any atom is -0.489 e. The van der Waals surface area contributed by atoms with Gasteiger partial charge in [0.05, 0.1) is 12.1 Å². The third kappa shape index (κ3) is 3.34. The number of para-hydroxylation sites is 1. The largest absolute Gasteiger partial charge is 0.489 e. The molecule has 2 aromatic heterocycles. The quantitative estimate of drug-likeness (QED) is 0.552. The van der Waals surface area contributed by atoms with Crippen LogP contribution in [0.4, 0.5) is 4.79 Å². The van der Waals surface area contributed by atoms with E-state index in [0.717, 1.165) is 29.5 Å². The molecule has 0 atom stereocenters. The van der Waals surface area contributed by atoms with Gasteiger partial charge in [-0.15, -0.1) is 0 Å². The third-order valence-electron chi connectivity index (χ3n) is 5.87. The number of aromatic nitrogens is 2. The van der Waals surface area contributed by atoms with E-state index in [9.17, 15) is 9.90 Å². The predicted molar refractivity (Wildman–Crippen MR) is 116 cm³/mol. The monoisotopic (exact) mass is 401 g/mol. The molecule has 0 saturated carbocycles. The average Bonchev–Trinajstić information content (AvgIpc) is 3.04. The number of amides is 1. The molecule has 0 aliphatic carbocycles. The number of pyridine rings is 1. The van der Waals surface area contributed by atoms with E-state index in [1.54, 1.807) is 6.20 Å². The third-order valence-corrected chi connectivity index (χ3v) is 5.87. The number of hydrogen-bond donors (Lipinski definition) is 1. The Morgan fingerprint density at radius 2 is 1.90 bits per heavy atom. The molecule has 5 rings (SSSR count). The van der Waals surface area contributed by atoms with Gasteiger partial charge in [0.1, 0.15) is 17.9 Å². The molecule has 152 valence electrons. The number of ether oxygens (including phenoxy) is 1. The van der Waals surface area contributed by atoms with Crippen LogP contribution in [0.5, 0.6) is 5.75 Å². The first-order chi connectivity index (χ1) is 14.7. The second kappa shape index (κ2) is 7.71. The van der Waals surface area contributed by atoms with Crippen LogP contribution in [0, 0.1) is 0 Å². The summed E-state index contributed by atoms with van der Waals surface area (Å²) in [6.07, 6.45) is 4.52. The second-order valence-corrected chi connectivity index (χ2v) is 7.60. The van der Waals surface area contributed by atoms with Gasteiger partial charge in [-0.25, -0.2) is 4.79 Å². The number of carbonyl (C=O) groups is 1. The fourth-order valence-electron chi connectivity index (χ4n) is 4.37. The molecule has 6 nitrogen and oxygen atoms in total. The molecule has 1 N–H and O–H groups in total. The van der Waals surface area contributed by atoms with E-state index in [-0.39, 0.29) is 0 Å². The van der Waals surface area contributed by atoms with Crippen molar-refractivity contribution in [1.82, 2.24) is 14.5 Å². The van der Waals surface area contributed by atoms with Crippen molar-refractivity contribution in [2.75, 3.05) is 19.7 Å². The minimum absolute atomic E-state index is 0.532. The van der Waals surface area contributed by atoms with Gasteiger partial charge < -0.3 is 19.3 Å². The normalized spacial score (nSPS) is 13.9. The summed E-state index contributed by atoms with van der Waals surface area (Å²) < 4.78 is 8.31. The Bertz CT molecular complexity index is 1230. The smallest absolute Gasteiger partial charge is 0.407 e. The fourth-order valence-corrected chi connectivity index (χ4v) is 4.37. The van der Waals surface area contributed by atoms with Gasteiger partial charge in [0.2, 0.25) is 0 Å². The highest BCUT2D eigenvalue weighted by atomic mass is 16.5. The summed E-state index contributed by atoms with van der Waals surface area (Å²) in [5, 5.41) is 11.6. The molecule has 4 aromatic rings. The number of hydrogen-bond acceptors (Lipinski definition) is 3. The van der Waals surface area contributed by atoms with Crippen LogP contribution < -0.4 is 4.74 Å². The Hall–Kier alpha value is -3.54. The molecule has 1 aliphatic heterocycles. The molecular weight excluding hydrogens is 378 g/mol. The Balaban J connectivity index is 1.39. The molecule has 0 spiro atoms. The van der Waals surface area contributed by atoms with Crippen LogP contribution in [0.3, 0.4) is 0 Å². The molecule has 0 radical (unpaired) electrons. The summed E-state index contributed by atoms with van der Waals surface area (Å²) in [6, 6.07) is 16.3. The van der Waals surface area contributed by atoms with Crippen LogP contribution in [0.15, 0.2) is 60.9 Å². The van der Waals surface area contributed by atoms with Crippen LogP contribution in [-0.4, -0.2) is 45.3 Å². The van der Waals surface area contributed by atoms with Crippen molar-refractivity contribution in [2.45, 2.75) is 19.4 Å². The molecule has 6 heteroatoms. The Morgan fingerprint density at radius 3 is 2.80 bits per heavy atom. The first kappa shape index (κ1) is 18.5. The van der Waals surface area contributed by atoms with Crippen LogP contribution in [0.1, 0.15) is 11.1 Å². The highest BCUT2D eigenvalue weighted by molar-refractivity contribution is 5.85. The van der Waals surface area contributed by atoms with Crippen molar-refractivity contribution in [3.63, 3.8) is 0 Å². The van der Waals surface area contributed by atoms with Crippen molar-refractivity contribution in [1.29, 1.82) is 0 Å². The van der Waals surface area contributed by atoms with Crippen LogP contribution in [0.2, 0.25) is 0 Å². The van der Waals surface area contributed by atoms with E-state index < -0.39 is 6.09 Å². The predicted octanol–water partition coefficient (Wildman–Crippen LogP) is 4.35. The molecule has 1 aliphatic rings. The van der Waals surface area contributed by atoms with Crippen molar-refractivity contribution in [2.24, 2.45) is 0 Å². The zero-order valence-electron chi connectivity index (χ0n) is 16.6. The number of benzene rings is 2. The highest BCUT2D eigenvalue weighted by Crippen LogP contribution is 2.28. The van der Waals surface area contributed by atoms with Gasteiger partial charge in [0.25, 0.3) is 0 Å². The van der Waals surface area contributed by atoms with Crippen LogP contribution >= 0.6 is 0 Å². The van der Waals surface area contributed by atoms with Crippen molar-refractivity contribution in [3.8, 4) is 5.75 Å². The summed E-state index contributed by atoms with van der Waals surface area (Å²) in [5.74, 6) is 0.792. The Labute approximate surface area is 174 Å². The summed E-state index contributed by atoms with van der Waals surface area (Å²) >= 11 is 0. The fraction of sp³-hybridized carbons (Fsp3) is 0.250. The Kier molecular flexibility index (Phi) is 4.75. The van der Waals surface area contributed by atoms with Gasteiger partial charge in [-0.2, -0.15) is 0 Å². The lowest BCUT2D eigenvalue weighted by atomic mass is 10.00. The Morgan fingerprint density at radius 1 is 1.03 bits per heavy atom. The van der Waals surface area contributed by atoms with Crippen molar-refractivity contribution < 1.29 is 14.6 Å². The summed E-state index contributed by atoms with van der Waals surface area (Å²) in [5.41, 5.74) is 4.57. The topological polar surface area (TPSA) is 67.6 Å². The van der Waals surface area contributed by atoms with Crippen LogP contribution in [-0.2, 0) is 19.4 Å². The van der Waals surface area contributed by atoms with E-state index >= 15 is 0 Å². The minimum atomic E-state index is -0.841. The highest BCUT2D eigenvalue weighted by Gasteiger charge is 2.20. The first-order valence-corrected chi connectivity index (χ1v) is 10.2. The van der Waals surface area contributed by atoms with Gasteiger partial charge in [-0.05, 0) is 47.6 Å². The molecule has 0 unspecified atom stereocenters. The molecule has 30 heavy (non-hydrogen) atoms. The maximum absolute atomic E-state index is 11.4.